The number of Topliss-reactive ketones (excluding diaryl/α,β-unsaturated/α-hetero) is 1. The molecule has 1 aromatic rings. The fraction of sp³-hybridized carbons (Fsp3) is 0.500. The van der Waals surface area contributed by atoms with Crippen LogP contribution in [0.5, 0.6) is 5.75 Å². The zero-order chi connectivity index (χ0) is 15.1. The van der Waals surface area contributed by atoms with Crippen molar-refractivity contribution in [3.05, 3.63) is 29.1 Å². The van der Waals surface area contributed by atoms with Crippen LogP contribution in [-0.2, 0) is 9.53 Å². The van der Waals surface area contributed by atoms with Crippen molar-refractivity contribution in [1.29, 1.82) is 0 Å². The fourth-order valence-electron chi connectivity index (χ4n) is 3.17. The predicted molar refractivity (Wildman–Crippen MR) is 72.9 cm³/mol. The normalized spacial score (nSPS) is 25.4. The molecule has 0 amide bonds. The largest absolute Gasteiger partial charge is 0.492 e. The molecule has 1 aliphatic carbocycles. The highest BCUT2D eigenvalue weighted by molar-refractivity contribution is 5.99. The van der Waals surface area contributed by atoms with Gasteiger partial charge in [-0.05, 0) is 19.1 Å². The average Bonchev–Trinajstić information content (AvgIpc) is 3.21. The van der Waals surface area contributed by atoms with Crippen LogP contribution in [0.2, 0.25) is 0 Å². The monoisotopic (exact) mass is 292 g/mol. The maximum atomic E-state index is 14.2. The molecule has 1 aromatic carbocycles. The Morgan fingerprint density at radius 2 is 2.14 bits per heavy atom. The number of ketones is 1. The lowest BCUT2D eigenvalue weighted by Gasteiger charge is -2.19. The van der Waals surface area contributed by atoms with E-state index in [0.717, 1.165) is 0 Å². The number of fused-ring (bicyclic) bond motifs is 3. The van der Waals surface area contributed by atoms with Gasteiger partial charge in [0.2, 0.25) is 0 Å². The molecule has 0 aromatic heterocycles. The summed E-state index contributed by atoms with van der Waals surface area (Å²) in [5.74, 6) is -1.12. The molecule has 1 aliphatic heterocycles. The fourth-order valence-corrected chi connectivity index (χ4v) is 3.17. The summed E-state index contributed by atoms with van der Waals surface area (Å²) in [6.45, 7) is 4.13. The first-order valence-corrected chi connectivity index (χ1v) is 7.25. The molecule has 1 heterocycles. The molecule has 112 valence electrons. The summed E-state index contributed by atoms with van der Waals surface area (Å²) in [6.07, 6.45) is 0.330. The van der Waals surface area contributed by atoms with Gasteiger partial charge in [-0.1, -0.05) is 6.92 Å². The van der Waals surface area contributed by atoms with Crippen molar-refractivity contribution in [2.24, 2.45) is 11.8 Å². The third kappa shape index (κ3) is 2.11. The van der Waals surface area contributed by atoms with Gasteiger partial charge in [-0.25, -0.2) is 4.39 Å². The van der Waals surface area contributed by atoms with Gasteiger partial charge in [0.15, 0.2) is 5.78 Å². The Bertz CT molecular complexity index is 611. The van der Waals surface area contributed by atoms with Gasteiger partial charge < -0.3 is 9.47 Å². The molecule has 2 aliphatic rings. The number of halogens is 1. The molecule has 3 atom stereocenters. The molecule has 4 nitrogen and oxygen atoms in total. The van der Waals surface area contributed by atoms with Crippen molar-refractivity contribution < 1.29 is 23.5 Å². The van der Waals surface area contributed by atoms with E-state index in [-0.39, 0.29) is 29.5 Å². The van der Waals surface area contributed by atoms with Crippen LogP contribution in [0.15, 0.2) is 12.1 Å². The number of carbonyl (C=O) groups is 2. The second kappa shape index (κ2) is 5.13. The number of esters is 1. The summed E-state index contributed by atoms with van der Waals surface area (Å²) >= 11 is 0. The molecule has 0 spiro atoms. The van der Waals surface area contributed by atoms with E-state index in [1.54, 1.807) is 13.8 Å². The zero-order valence-electron chi connectivity index (χ0n) is 12.0. The molecular weight excluding hydrogens is 275 g/mol. The van der Waals surface area contributed by atoms with Crippen LogP contribution in [-0.4, -0.2) is 25.0 Å². The Hall–Kier alpha value is -1.91. The first-order valence-electron chi connectivity index (χ1n) is 7.25. The van der Waals surface area contributed by atoms with Crippen molar-refractivity contribution in [3.63, 3.8) is 0 Å². The van der Waals surface area contributed by atoms with Crippen LogP contribution in [0.3, 0.4) is 0 Å². The Morgan fingerprint density at radius 3 is 2.81 bits per heavy atom. The first-order chi connectivity index (χ1) is 10.1. The minimum atomic E-state index is -0.417. The van der Waals surface area contributed by atoms with Crippen molar-refractivity contribution in [2.45, 2.75) is 26.2 Å². The molecule has 0 radical (unpaired) electrons. The summed E-state index contributed by atoms with van der Waals surface area (Å²) in [4.78, 5) is 23.8. The molecule has 1 fully saturated rings. The van der Waals surface area contributed by atoms with E-state index < -0.39 is 5.82 Å². The van der Waals surface area contributed by atoms with E-state index >= 15 is 0 Å². The van der Waals surface area contributed by atoms with Crippen molar-refractivity contribution >= 4 is 11.8 Å². The van der Waals surface area contributed by atoms with Gasteiger partial charge in [-0.2, -0.15) is 0 Å². The molecule has 0 bridgehead atoms. The van der Waals surface area contributed by atoms with Crippen molar-refractivity contribution in [3.8, 4) is 5.75 Å². The van der Waals surface area contributed by atoms with Gasteiger partial charge in [0.05, 0.1) is 24.7 Å². The Labute approximate surface area is 122 Å². The van der Waals surface area contributed by atoms with Crippen molar-refractivity contribution in [2.75, 3.05) is 13.2 Å². The van der Waals surface area contributed by atoms with Crippen LogP contribution >= 0.6 is 0 Å². The Balaban J connectivity index is 1.99. The Morgan fingerprint density at radius 1 is 1.38 bits per heavy atom. The molecular formula is C16H17FO4. The van der Waals surface area contributed by atoms with E-state index in [9.17, 15) is 14.0 Å². The summed E-state index contributed by atoms with van der Waals surface area (Å²) in [7, 11) is 0. The quantitative estimate of drug-likeness (QED) is 0.632. The molecule has 5 heteroatoms. The molecule has 0 N–H and O–H groups in total. The highest BCUT2D eigenvalue weighted by Gasteiger charge is 2.61. The molecule has 21 heavy (non-hydrogen) atoms. The maximum Gasteiger partial charge on any atom is 0.309 e. The van der Waals surface area contributed by atoms with Gasteiger partial charge in [0, 0.05) is 23.8 Å². The van der Waals surface area contributed by atoms with Crippen LogP contribution < -0.4 is 4.74 Å². The summed E-state index contributed by atoms with van der Waals surface area (Å²) in [6, 6.07) is 2.75. The lowest BCUT2D eigenvalue weighted by molar-refractivity contribution is -0.145. The van der Waals surface area contributed by atoms with Gasteiger partial charge in [0.1, 0.15) is 11.6 Å². The minimum Gasteiger partial charge on any atom is -0.492 e. The minimum absolute atomic E-state index is 0.0435. The maximum absolute atomic E-state index is 14.2. The van der Waals surface area contributed by atoms with Gasteiger partial charge in [-0.15, -0.1) is 0 Å². The summed E-state index contributed by atoms with van der Waals surface area (Å²) in [5, 5.41) is 0. The smallest absolute Gasteiger partial charge is 0.309 e. The molecule has 0 saturated heterocycles. The third-order valence-corrected chi connectivity index (χ3v) is 4.25. The van der Waals surface area contributed by atoms with Crippen molar-refractivity contribution in [1.82, 2.24) is 0 Å². The molecule has 1 saturated carbocycles. The number of carbonyl (C=O) groups excluding carboxylic acids is 2. The number of ether oxygens (including phenoxy) is 2. The second-order valence-corrected chi connectivity index (χ2v) is 5.39. The molecule has 3 rings (SSSR count). The Kier molecular flexibility index (Phi) is 3.43. The SMILES string of the molecule is CCOC(=O)C1[C@H]2c3c(F)ccc(C(=O)CC)c3OC[C@@H]12. The van der Waals surface area contributed by atoms with E-state index in [1.807, 2.05) is 0 Å². The third-order valence-electron chi connectivity index (χ3n) is 4.25. The second-order valence-electron chi connectivity index (χ2n) is 5.39. The lowest BCUT2D eigenvalue weighted by atomic mass is 9.97. The van der Waals surface area contributed by atoms with E-state index in [1.165, 1.54) is 12.1 Å². The topological polar surface area (TPSA) is 52.6 Å². The van der Waals surface area contributed by atoms with Gasteiger partial charge in [0.25, 0.3) is 0 Å². The summed E-state index contributed by atoms with van der Waals surface area (Å²) < 4.78 is 24.8. The van der Waals surface area contributed by atoms with Crippen LogP contribution in [0.4, 0.5) is 4.39 Å². The zero-order valence-corrected chi connectivity index (χ0v) is 12.0. The summed E-state index contributed by atoms with van der Waals surface area (Å²) in [5.41, 5.74) is 0.769. The van der Waals surface area contributed by atoms with Crippen LogP contribution in [0.1, 0.15) is 42.1 Å². The number of hydrogen-bond donors (Lipinski definition) is 0. The van der Waals surface area contributed by atoms with Gasteiger partial charge in [-0.3, -0.25) is 9.59 Å². The lowest BCUT2D eigenvalue weighted by Crippen LogP contribution is -2.14. The van der Waals surface area contributed by atoms with E-state index in [2.05, 4.69) is 0 Å². The number of rotatable bonds is 4. The van der Waals surface area contributed by atoms with Crippen LogP contribution in [0, 0.1) is 17.7 Å². The van der Waals surface area contributed by atoms with E-state index in [4.69, 9.17) is 9.47 Å². The highest BCUT2D eigenvalue weighted by atomic mass is 19.1. The molecule has 1 unspecified atom stereocenters. The first kappa shape index (κ1) is 14.0. The highest BCUT2D eigenvalue weighted by Crippen LogP contribution is 2.60. The number of benzene rings is 1. The van der Waals surface area contributed by atoms with Gasteiger partial charge >= 0.3 is 5.97 Å². The standard InChI is InChI=1S/C16H17FO4/c1-3-11(18)8-5-6-10(17)14-12-9(7-21-15(8)14)13(12)16(19)20-4-2/h5-6,9,12-13H,3-4,7H2,1-2H3/t9-,12+,13?/m1/s1. The average molecular weight is 292 g/mol. The van der Waals surface area contributed by atoms with Crippen LogP contribution in [0.25, 0.3) is 0 Å². The van der Waals surface area contributed by atoms with E-state index in [0.29, 0.717) is 36.5 Å². The predicted octanol–water partition coefficient (Wildman–Crippen LogP) is 2.70. The number of hydrogen-bond acceptors (Lipinski definition) is 4.